The van der Waals surface area contributed by atoms with E-state index in [-0.39, 0.29) is 17.2 Å². The van der Waals surface area contributed by atoms with E-state index in [1.54, 1.807) is 6.92 Å². The van der Waals surface area contributed by atoms with Crippen LogP contribution in [0.25, 0.3) is 0 Å². The Morgan fingerprint density at radius 2 is 1.88 bits per heavy atom. The maximum Gasteiger partial charge on any atom is 0.248 e. The van der Waals surface area contributed by atoms with Gasteiger partial charge in [-0.25, -0.2) is 0 Å². The lowest BCUT2D eigenvalue weighted by Crippen LogP contribution is -2.45. The van der Waals surface area contributed by atoms with E-state index in [1.807, 2.05) is 27.7 Å². The molecule has 0 saturated carbocycles. The number of carbonyl (C=O) groups excluding carboxylic acids is 1. The SMILES string of the molecule is COC(C)C(=O)NCC(C)(C)C(O)C(C)C. The van der Waals surface area contributed by atoms with Crippen LogP contribution in [0.5, 0.6) is 0 Å². The van der Waals surface area contributed by atoms with Crippen molar-refractivity contribution in [2.45, 2.75) is 46.8 Å². The zero-order valence-electron chi connectivity index (χ0n) is 11.2. The number of amides is 1. The minimum absolute atomic E-state index is 0.147. The van der Waals surface area contributed by atoms with Gasteiger partial charge in [0.05, 0.1) is 6.10 Å². The van der Waals surface area contributed by atoms with Gasteiger partial charge in [0.25, 0.3) is 0 Å². The van der Waals surface area contributed by atoms with Crippen molar-refractivity contribution in [3.63, 3.8) is 0 Å². The minimum Gasteiger partial charge on any atom is -0.392 e. The third-order valence-corrected chi connectivity index (χ3v) is 2.87. The van der Waals surface area contributed by atoms with Gasteiger partial charge in [0.1, 0.15) is 6.10 Å². The summed E-state index contributed by atoms with van der Waals surface area (Å²) in [5.74, 6) is 0.0262. The van der Waals surface area contributed by atoms with Crippen molar-refractivity contribution < 1.29 is 14.6 Å². The summed E-state index contributed by atoms with van der Waals surface area (Å²) >= 11 is 0. The van der Waals surface area contributed by atoms with Crippen molar-refractivity contribution in [3.05, 3.63) is 0 Å². The van der Waals surface area contributed by atoms with Gasteiger partial charge < -0.3 is 15.2 Å². The Labute approximate surface area is 98.4 Å². The summed E-state index contributed by atoms with van der Waals surface area (Å²) in [6.07, 6.45) is -0.891. The number of carbonyl (C=O) groups is 1. The Morgan fingerprint density at radius 3 is 2.25 bits per heavy atom. The van der Waals surface area contributed by atoms with Crippen LogP contribution in [0.15, 0.2) is 0 Å². The molecule has 0 rings (SSSR count). The molecule has 96 valence electrons. The highest BCUT2D eigenvalue weighted by molar-refractivity contribution is 5.80. The molecule has 16 heavy (non-hydrogen) atoms. The van der Waals surface area contributed by atoms with Gasteiger partial charge in [-0.1, -0.05) is 27.7 Å². The number of hydrogen-bond acceptors (Lipinski definition) is 3. The number of aliphatic hydroxyl groups is 1. The van der Waals surface area contributed by atoms with Crippen LogP contribution in [0.3, 0.4) is 0 Å². The fourth-order valence-electron chi connectivity index (χ4n) is 1.57. The molecule has 0 aliphatic carbocycles. The summed E-state index contributed by atoms with van der Waals surface area (Å²) in [6.45, 7) is 9.95. The highest BCUT2D eigenvalue weighted by atomic mass is 16.5. The number of aliphatic hydroxyl groups excluding tert-OH is 1. The van der Waals surface area contributed by atoms with E-state index in [0.717, 1.165) is 0 Å². The number of ether oxygens (including phenoxy) is 1. The highest BCUT2D eigenvalue weighted by Gasteiger charge is 2.30. The van der Waals surface area contributed by atoms with Gasteiger partial charge in [-0.15, -0.1) is 0 Å². The van der Waals surface area contributed by atoms with Crippen LogP contribution >= 0.6 is 0 Å². The second kappa shape index (κ2) is 6.21. The molecule has 0 aromatic heterocycles. The van der Waals surface area contributed by atoms with Gasteiger partial charge in [-0.05, 0) is 12.8 Å². The molecule has 0 heterocycles. The Kier molecular flexibility index (Phi) is 5.97. The molecule has 0 aliphatic heterocycles. The zero-order valence-corrected chi connectivity index (χ0v) is 11.2. The van der Waals surface area contributed by atoms with Crippen molar-refractivity contribution in [1.82, 2.24) is 5.32 Å². The molecule has 2 atom stereocenters. The molecule has 0 aliphatic rings. The van der Waals surface area contributed by atoms with E-state index in [2.05, 4.69) is 5.32 Å². The number of nitrogens with one attached hydrogen (secondary N) is 1. The van der Waals surface area contributed by atoms with Crippen LogP contribution in [0.2, 0.25) is 0 Å². The van der Waals surface area contributed by atoms with Crippen molar-refractivity contribution in [2.75, 3.05) is 13.7 Å². The fraction of sp³-hybridized carbons (Fsp3) is 0.917. The van der Waals surface area contributed by atoms with Crippen molar-refractivity contribution >= 4 is 5.91 Å². The Bertz CT molecular complexity index is 226. The van der Waals surface area contributed by atoms with Crippen molar-refractivity contribution in [3.8, 4) is 0 Å². The molecule has 0 bridgehead atoms. The number of hydrogen-bond donors (Lipinski definition) is 2. The highest BCUT2D eigenvalue weighted by Crippen LogP contribution is 2.25. The van der Waals surface area contributed by atoms with Gasteiger partial charge >= 0.3 is 0 Å². The first kappa shape index (κ1) is 15.4. The lowest BCUT2D eigenvalue weighted by Gasteiger charge is -2.33. The summed E-state index contributed by atoms with van der Waals surface area (Å²) in [5.41, 5.74) is -0.336. The molecule has 4 heteroatoms. The van der Waals surface area contributed by atoms with Crippen molar-refractivity contribution in [1.29, 1.82) is 0 Å². The van der Waals surface area contributed by atoms with Crippen LogP contribution in [-0.2, 0) is 9.53 Å². The quantitative estimate of drug-likeness (QED) is 0.721. The first-order valence-corrected chi connectivity index (χ1v) is 5.71. The van der Waals surface area contributed by atoms with Crippen LogP contribution < -0.4 is 5.32 Å². The maximum atomic E-state index is 11.5. The first-order chi connectivity index (χ1) is 7.22. The molecule has 0 aromatic rings. The van der Waals surface area contributed by atoms with Gasteiger partial charge in [0, 0.05) is 19.1 Å². The van der Waals surface area contributed by atoms with Crippen LogP contribution in [0, 0.1) is 11.3 Å². The average molecular weight is 231 g/mol. The summed E-state index contributed by atoms with van der Waals surface area (Å²) in [6, 6.07) is 0. The molecular formula is C12H25NO3. The Balaban J connectivity index is 4.23. The van der Waals surface area contributed by atoms with E-state index in [1.165, 1.54) is 7.11 Å². The first-order valence-electron chi connectivity index (χ1n) is 5.71. The number of rotatable bonds is 6. The van der Waals surface area contributed by atoms with E-state index in [0.29, 0.717) is 6.54 Å². The van der Waals surface area contributed by atoms with E-state index in [9.17, 15) is 9.90 Å². The molecule has 0 spiro atoms. The summed E-state index contributed by atoms with van der Waals surface area (Å²) in [5, 5.41) is 12.8. The Morgan fingerprint density at radius 1 is 1.38 bits per heavy atom. The maximum absolute atomic E-state index is 11.5. The van der Waals surface area contributed by atoms with E-state index >= 15 is 0 Å². The predicted octanol–water partition coefficient (Wildman–Crippen LogP) is 1.18. The second-order valence-electron chi connectivity index (χ2n) is 5.27. The zero-order chi connectivity index (χ0) is 12.9. The fourth-order valence-corrected chi connectivity index (χ4v) is 1.57. The van der Waals surface area contributed by atoms with E-state index < -0.39 is 12.2 Å². The molecule has 2 unspecified atom stereocenters. The van der Waals surface area contributed by atoms with Crippen LogP contribution in [-0.4, -0.2) is 36.9 Å². The second-order valence-corrected chi connectivity index (χ2v) is 5.27. The van der Waals surface area contributed by atoms with Crippen LogP contribution in [0.4, 0.5) is 0 Å². The lowest BCUT2D eigenvalue weighted by atomic mass is 9.80. The third kappa shape index (κ3) is 4.49. The van der Waals surface area contributed by atoms with Gasteiger partial charge in [-0.3, -0.25) is 4.79 Å². The third-order valence-electron chi connectivity index (χ3n) is 2.87. The largest absolute Gasteiger partial charge is 0.392 e. The van der Waals surface area contributed by atoms with Gasteiger partial charge in [0.2, 0.25) is 5.91 Å². The lowest BCUT2D eigenvalue weighted by molar-refractivity contribution is -0.131. The predicted molar refractivity (Wildman–Crippen MR) is 64.1 cm³/mol. The molecule has 2 N–H and O–H groups in total. The standard InChI is InChI=1S/C12H25NO3/c1-8(2)10(14)12(4,5)7-13-11(15)9(3)16-6/h8-10,14H,7H2,1-6H3,(H,13,15). The summed E-state index contributed by atoms with van der Waals surface area (Å²) in [4.78, 5) is 11.5. The minimum atomic E-state index is -0.452. The molecule has 4 nitrogen and oxygen atoms in total. The van der Waals surface area contributed by atoms with E-state index in [4.69, 9.17) is 4.74 Å². The molecule has 0 fully saturated rings. The molecule has 0 aromatic carbocycles. The molecule has 1 amide bonds. The Hall–Kier alpha value is -0.610. The van der Waals surface area contributed by atoms with Gasteiger partial charge in [-0.2, -0.15) is 0 Å². The summed E-state index contributed by atoms with van der Waals surface area (Å²) in [7, 11) is 1.50. The van der Waals surface area contributed by atoms with Crippen LogP contribution in [0.1, 0.15) is 34.6 Å². The molecule has 0 saturated heterocycles. The average Bonchev–Trinajstić information content (AvgIpc) is 2.23. The molecule has 0 radical (unpaired) electrons. The topological polar surface area (TPSA) is 58.6 Å². The summed E-state index contributed by atoms with van der Waals surface area (Å²) < 4.78 is 4.91. The number of methoxy groups -OCH3 is 1. The molecular weight excluding hydrogens is 206 g/mol. The van der Waals surface area contributed by atoms with Crippen molar-refractivity contribution in [2.24, 2.45) is 11.3 Å². The normalized spacial score (nSPS) is 16.0. The monoisotopic (exact) mass is 231 g/mol. The smallest absolute Gasteiger partial charge is 0.248 e. The van der Waals surface area contributed by atoms with Gasteiger partial charge in [0.15, 0.2) is 0 Å².